The van der Waals surface area contributed by atoms with Crippen LogP contribution in [-0.2, 0) is 14.4 Å². The van der Waals surface area contributed by atoms with Gasteiger partial charge in [-0.05, 0) is 94.8 Å². The van der Waals surface area contributed by atoms with Gasteiger partial charge >= 0.3 is 0 Å². The van der Waals surface area contributed by atoms with Gasteiger partial charge in [0.1, 0.15) is 0 Å². The Morgan fingerprint density at radius 3 is 2.14 bits per heavy atom. The molecule has 1 aromatic rings. The van der Waals surface area contributed by atoms with Crippen molar-refractivity contribution in [1.82, 2.24) is 0 Å². The Morgan fingerprint density at radius 2 is 1.55 bits per heavy atom. The molecule has 0 unspecified atom stereocenters. The molecular weight excluding hydrogens is 520 g/mol. The molecule has 5 aliphatic carbocycles. The minimum atomic E-state index is -1.90. The fourth-order valence-electron chi connectivity index (χ4n) is 9.88. The van der Waals surface area contributed by atoms with Gasteiger partial charge in [-0.1, -0.05) is 93.5 Å². The fraction of sp³-hybridized carbons (Fsp3) is 0.579. The summed E-state index contributed by atoms with van der Waals surface area (Å²) in [6, 6.07) is 8.80. The molecule has 6 atom stereocenters. The smallest absolute Gasteiger partial charge is 0.184 e. The zero-order valence-electron chi connectivity index (χ0n) is 26.9. The van der Waals surface area contributed by atoms with Crippen molar-refractivity contribution in [3.63, 3.8) is 0 Å². The highest BCUT2D eigenvalue weighted by molar-refractivity contribution is 6.42. The van der Waals surface area contributed by atoms with Crippen molar-refractivity contribution in [2.75, 3.05) is 0 Å². The first-order valence-corrected chi connectivity index (χ1v) is 15.7. The Bertz CT molecular complexity index is 1430. The normalized spacial score (nSPS) is 36.0. The quantitative estimate of drug-likeness (QED) is 0.180. The van der Waals surface area contributed by atoms with Crippen LogP contribution in [0.25, 0.3) is 0 Å². The van der Waals surface area contributed by atoms with Gasteiger partial charge in [0, 0.05) is 5.56 Å². The van der Waals surface area contributed by atoms with Crippen molar-refractivity contribution in [3.8, 4) is 0 Å². The van der Waals surface area contributed by atoms with Crippen molar-refractivity contribution in [1.29, 1.82) is 0 Å². The van der Waals surface area contributed by atoms with E-state index in [1.54, 1.807) is 24.3 Å². The van der Waals surface area contributed by atoms with Crippen LogP contribution in [0.3, 0.4) is 0 Å². The molecule has 4 nitrogen and oxygen atoms in total. The van der Waals surface area contributed by atoms with Crippen molar-refractivity contribution in [3.05, 3.63) is 71.3 Å². The lowest BCUT2D eigenvalue weighted by atomic mass is 9.37. The highest BCUT2D eigenvalue weighted by atomic mass is 16.2. The summed E-state index contributed by atoms with van der Waals surface area (Å²) in [7, 11) is 0. The maximum absolute atomic E-state index is 15.4. The molecular formula is C38H48O4. The fourth-order valence-corrected chi connectivity index (χ4v) is 9.88. The van der Waals surface area contributed by atoms with Gasteiger partial charge in [-0.3, -0.25) is 19.2 Å². The van der Waals surface area contributed by atoms with E-state index in [2.05, 4.69) is 53.3 Å². The van der Waals surface area contributed by atoms with Gasteiger partial charge in [-0.25, -0.2) is 0 Å². The predicted octanol–water partition coefficient (Wildman–Crippen LogP) is 8.32. The summed E-state index contributed by atoms with van der Waals surface area (Å²) >= 11 is 0. The molecule has 0 aliphatic heterocycles. The van der Waals surface area contributed by atoms with Crippen LogP contribution in [0.1, 0.15) is 104 Å². The third-order valence-corrected chi connectivity index (χ3v) is 12.2. The largest absolute Gasteiger partial charge is 0.297 e. The molecule has 5 aliphatic rings. The Morgan fingerprint density at radius 1 is 0.905 bits per heavy atom. The number of carbonyl (C=O) groups is 4. The summed E-state index contributed by atoms with van der Waals surface area (Å²) in [5, 5.41) is 0. The Kier molecular flexibility index (Phi) is 7.15. The van der Waals surface area contributed by atoms with E-state index in [0.29, 0.717) is 24.8 Å². The van der Waals surface area contributed by atoms with Gasteiger partial charge in [0.25, 0.3) is 0 Å². The molecule has 1 aromatic carbocycles. The second-order valence-electron chi connectivity index (χ2n) is 15.4. The highest BCUT2D eigenvalue weighted by Crippen LogP contribution is 2.77. The van der Waals surface area contributed by atoms with E-state index in [0.717, 1.165) is 24.0 Å². The van der Waals surface area contributed by atoms with E-state index in [4.69, 9.17) is 0 Å². The van der Waals surface area contributed by atoms with Crippen LogP contribution in [0, 0.1) is 44.8 Å². The van der Waals surface area contributed by atoms with Gasteiger partial charge in [0.2, 0.25) is 0 Å². The maximum atomic E-state index is 15.4. The van der Waals surface area contributed by atoms with Crippen LogP contribution in [-0.4, -0.2) is 23.1 Å². The lowest BCUT2D eigenvalue weighted by Crippen LogP contribution is -2.75. The standard InChI is InChI=1S/C38H48O4/c1-23(2)14-13-15-25(5)18-19-36-21-27-20-29-34(6,7)28(24(3)4)22-37(29,31(36)40)33(42)38(32(36)41,35(27,8)9)30(39)26-16-11-10-12-17-26/h10-12,14,16-18,27-29H,3,13,15,19-22H2,1-2,4-9H3/b25-18+/t27-,28+,29+,36-,37+,38-/m1/s1. The molecule has 0 amide bonds. The van der Waals surface area contributed by atoms with Crippen LogP contribution >= 0.6 is 0 Å². The average Bonchev–Trinajstić information content (AvgIpc) is 3.07. The molecule has 6 rings (SSSR count). The van der Waals surface area contributed by atoms with E-state index in [1.807, 2.05) is 26.8 Å². The Hall–Kier alpha value is -2.88. The van der Waals surface area contributed by atoms with Crippen molar-refractivity contribution >= 4 is 23.1 Å². The lowest BCUT2D eigenvalue weighted by Gasteiger charge is -2.60. The molecule has 1 spiro atoms. The number of hydrogen-bond donors (Lipinski definition) is 0. The lowest BCUT2D eigenvalue weighted by molar-refractivity contribution is -0.181. The molecule has 224 valence electrons. The summed E-state index contributed by atoms with van der Waals surface area (Å²) in [4.78, 5) is 60.6. The number of rotatable bonds is 8. The maximum Gasteiger partial charge on any atom is 0.184 e. The molecule has 4 heteroatoms. The second kappa shape index (κ2) is 9.82. The summed E-state index contributed by atoms with van der Waals surface area (Å²) in [5.41, 5.74) is -2.25. The predicted molar refractivity (Wildman–Crippen MR) is 167 cm³/mol. The zero-order chi connectivity index (χ0) is 31.0. The van der Waals surface area contributed by atoms with Crippen LogP contribution in [0.2, 0.25) is 0 Å². The summed E-state index contributed by atoms with van der Waals surface area (Å²) < 4.78 is 0. The minimum absolute atomic E-state index is 0.0489. The summed E-state index contributed by atoms with van der Waals surface area (Å²) in [6.45, 7) is 20.7. The SMILES string of the molecule is C=C(C)[C@@H]1C[C@@]23C(=O)[C@@]4(C/C=C(\C)CCC=C(C)C)C[C@@H](C[C@H]2C1(C)C)C(C)(C)[C@](C(=O)c1ccccc1)(C4=O)C3=O. The van der Waals surface area contributed by atoms with Crippen LogP contribution in [0.5, 0.6) is 0 Å². The number of Topliss-reactive ketones (excluding diaryl/α,β-unsaturated/α-hetero) is 4. The van der Waals surface area contributed by atoms with E-state index in [-0.39, 0.29) is 35.4 Å². The molecule has 5 fully saturated rings. The van der Waals surface area contributed by atoms with Gasteiger partial charge < -0.3 is 0 Å². The minimum Gasteiger partial charge on any atom is -0.297 e. The third-order valence-electron chi connectivity index (χ3n) is 12.2. The van der Waals surface area contributed by atoms with Gasteiger partial charge in [0.15, 0.2) is 28.5 Å². The highest BCUT2D eigenvalue weighted by Gasteiger charge is 2.86. The van der Waals surface area contributed by atoms with Gasteiger partial charge in [0.05, 0.1) is 10.8 Å². The summed E-state index contributed by atoms with van der Waals surface area (Å²) in [6.07, 6.45) is 7.63. The molecule has 0 heterocycles. The molecule has 42 heavy (non-hydrogen) atoms. The monoisotopic (exact) mass is 568 g/mol. The first-order valence-electron chi connectivity index (χ1n) is 15.7. The number of carbonyl (C=O) groups excluding carboxylic acids is 4. The van der Waals surface area contributed by atoms with E-state index < -0.39 is 39.0 Å². The average molecular weight is 569 g/mol. The van der Waals surface area contributed by atoms with Crippen LogP contribution in [0.15, 0.2) is 65.8 Å². The van der Waals surface area contributed by atoms with E-state index in [1.165, 1.54) is 5.57 Å². The second-order valence-corrected chi connectivity index (χ2v) is 15.4. The van der Waals surface area contributed by atoms with Gasteiger partial charge in [-0.2, -0.15) is 0 Å². The van der Waals surface area contributed by atoms with Crippen LogP contribution in [0.4, 0.5) is 0 Å². The zero-order valence-corrected chi connectivity index (χ0v) is 26.9. The number of hydrogen-bond acceptors (Lipinski definition) is 4. The summed E-state index contributed by atoms with van der Waals surface area (Å²) in [5.74, 6) is -1.94. The van der Waals surface area contributed by atoms with Crippen LogP contribution < -0.4 is 0 Å². The molecule has 0 saturated heterocycles. The molecule has 5 saturated carbocycles. The molecule has 4 bridgehead atoms. The van der Waals surface area contributed by atoms with Crippen molar-refractivity contribution in [2.45, 2.75) is 93.9 Å². The molecule has 0 aromatic heterocycles. The van der Waals surface area contributed by atoms with Crippen molar-refractivity contribution < 1.29 is 19.2 Å². The van der Waals surface area contributed by atoms with Gasteiger partial charge in [-0.15, -0.1) is 0 Å². The molecule has 0 N–H and O–H groups in total. The van der Waals surface area contributed by atoms with E-state index >= 15 is 14.4 Å². The number of allylic oxidation sites excluding steroid dienone is 5. The first-order chi connectivity index (χ1) is 19.5. The number of ketones is 4. The first kappa shape index (κ1) is 30.6. The van der Waals surface area contributed by atoms with E-state index in [9.17, 15) is 4.79 Å². The Balaban J connectivity index is 1.77. The van der Waals surface area contributed by atoms with Crippen molar-refractivity contribution in [2.24, 2.45) is 44.8 Å². The third kappa shape index (κ3) is 3.72. The molecule has 0 radical (unpaired) electrons. The Labute approximate surface area is 252 Å². The number of benzene rings is 1. The topological polar surface area (TPSA) is 68.3 Å².